The molecular weight excluding hydrogens is 462 g/mol. The van der Waals surface area contributed by atoms with Gasteiger partial charge in [-0.25, -0.2) is 8.42 Å². The van der Waals surface area contributed by atoms with E-state index in [1.807, 2.05) is 26.0 Å². The Balaban J connectivity index is 1.34. The molecule has 0 unspecified atom stereocenters. The van der Waals surface area contributed by atoms with Crippen molar-refractivity contribution in [3.8, 4) is 0 Å². The van der Waals surface area contributed by atoms with Gasteiger partial charge < -0.3 is 10.2 Å². The molecule has 2 atom stereocenters. The van der Waals surface area contributed by atoms with E-state index in [0.717, 1.165) is 24.9 Å². The van der Waals surface area contributed by atoms with Gasteiger partial charge in [-0.15, -0.1) is 0 Å². The van der Waals surface area contributed by atoms with Crippen molar-refractivity contribution in [2.45, 2.75) is 62.3 Å². The smallest absolute Gasteiger partial charge is 0.243 e. The first kappa shape index (κ1) is 24.0. The van der Waals surface area contributed by atoms with Gasteiger partial charge in [-0.1, -0.05) is 24.3 Å². The summed E-state index contributed by atoms with van der Waals surface area (Å²) < 4.78 is 28.6. The molecule has 2 heterocycles. The van der Waals surface area contributed by atoms with Crippen LogP contribution in [0.2, 0.25) is 0 Å². The molecule has 1 saturated heterocycles. The van der Waals surface area contributed by atoms with Crippen LogP contribution >= 0.6 is 0 Å². The predicted octanol–water partition coefficient (Wildman–Crippen LogP) is 3.54. The van der Waals surface area contributed by atoms with Crippen LogP contribution in [0, 0.1) is 5.92 Å². The Morgan fingerprint density at radius 1 is 1.09 bits per heavy atom. The molecule has 2 aromatic carbocycles. The van der Waals surface area contributed by atoms with Gasteiger partial charge in [-0.05, 0) is 80.8 Å². The summed E-state index contributed by atoms with van der Waals surface area (Å²) in [7, 11) is -2.08. The summed E-state index contributed by atoms with van der Waals surface area (Å²) in [5.74, 6) is -0.513. The topological polar surface area (TPSA) is 86.8 Å². The second kappa shape index (κ2) is 8.75. The molecule has 2 aromatic rings. The monoisotopic (exact) mass is 495 g/mol. The van der Waals surface area contributed by atoms with Crippen LogP contribution in [0.25, 0.3) is 0 Å². The van der Waals surface area contributed by atoms with Gasteiger partial charge in [0.25, 0.3) is 0 Å². The summed E-state index contributed by atoms with van der Waals surface area (Å²) in [5.41, 5.74) is 3.13. The van der Waals surface area contributed by atoms with Crippen molar-refractivity contribution in [3.05, 3.63) is 59.2 Å². The Bertz CT molecular complexity index is 1290. The van der Waals surface area contributed by atoms with E-state index in [1.165, 1.54) is 15.4 Å². The van der Waals surface area contributed by atoms with Crippen molar-refractivity contribution >= 4 is 27.5 Å². The lowest BCUT2D eigenvalue weighted by atomic mass is 9.86. The van der Waals surface area contributed by atoms with Crippen molar-refractivity contribution in [2.24, 2.45) is 5.92 Å². The quantitative estimate of drug-likeness (QED) is 0.703. The molecule has 3 aliphatic rings. The number of benzene rings is 2. The van der Waals surface area contributed by atoms with E-state index in [2.05, 4.69) is 17.4 Å². The summed E-state index contributed by atoms with van der Waals surface area (Å²) in [5, 5.41) is 3.21. The minimum atomic E-state index is -3.79. The van der Waals surface area contributed by atoms with E-state index in [-0.39, 0.29) is 35.2 Å². The highest BCUT2D eigenvalue weighted by molar-refractivity contribution is 7.89. The SMILES string of the molecule is CN1C(=O)C(C)(C)c2cc(S(=O)(=O)N3CCC[C@H](C(=O)N[C@H]4CCCc5ccccc54)C3)ccc21. The molecule has 186 valence electrons. The maximum absolute atomic E-state index is 13.6. The fourth-order valence-electron chi connectivity index (χ4n) is 5.83. The van der Waals surface area contributed by atoms with E-state index >= 15 is 0 Å². The van der Waals surface area contributed by atoms with E-state index < -0.39 is 15.4 Å². The standard InChI is InChI=1S/C27H33N3O4S/c1-27(2)22-16-20(13-14-24(22)29(3)26(27)32)35(33,34)30-15-7-10-19(17-30)25(31)28-23-12-6-9-18-8-4-5-11-21(18)23/h4-5,8,11,13-14,16,19,23H,6-7,9-10,12,15,17H2,1-3H3,(H,28,31)/t19-,23-/m0/s1. The molecule has 2 amide bonds. The first-order valence-corrected chi connectivity index (χ1v) is 13.9. The van der Waals surface area contributed by atoms with Gasteiger partial charge in [-0.2, -0.15) is 4.31 Å². The minimum Gasteiger partial charge on any atom is -0.349 e. The van der Waals surface area contributed by atoms with Gasteiger partial charge in [0.15, 0.2) is 0 Å². The number of rotatable bonds is 4. The lowest BCUT2D eigenvalue weighted by Gasteiger charge is -2.33. The average Bonchev–Trinajstić information content (AvgIpc) is 3.04. The number of carbonyl (C=O) groups excluding carboxylic acids is 2. The molecule has 1 aliphatic carbocycles. The molecule has 7 nitrogen and oxygen atoms in total. The first-order valence-electron chi connectivity index (χ1n) is 12.4. The van der Waals surface area contributed by atoms with Crippen LogP contribution in [-0.4, -0.2) is 44.7 Å². The molecule has 35 heavy (non-hydrogen) atoms. The predicted molar refractivity (Wildman–Crippen MR) is 135 cm³/mol. The lowest BCUT2D eigenvalue weighted by molar-refractivity contribution is -0.127. The molecule has 1 N–H and O–H groups in total. The number of carbonyl (C=O) groups is 2. The van der Waals surface area contributed by atoms with Crippen LogP contribution in [0.4, 0.5) is 5.69 Å². The zero-order valence-corrected chi connectivity index (χ0v) is 21.4. The number of fused-ring (bicyclic) bond motifs is 2. The molecular formula is C27H33N3O4S. The van der Waals surface area contributed by atoms with Crippen molar-refractivity contribution in [3.63, 3.8) is 0 Å². The molecule has 0 bridgehead atoms. The van der Waals surface area contributed by atoms with Gasteiger partial charge in [-0.3, -0.25) is 9.59 Å². The van der Waals surface area contributed by atoms with Gasteiger partial charge in [0.2, 0.25) is 21.8 Å². The van der Waals surface area contributed by atoms with Crippen LogP contribution in [0.15, 0.2) is 47.4 Å². The number of likely N-dealkylation sites (N-methyl/N-ethyl adjacent to an activating group) is 1. The molecule has 0 saturated carbocycles. The largest absolute Gasteiger partial charge is 0.349 e. The van der Waals surface area contributed by atoms with Crippen molar-refractivity contribution in [1.82, 2.24) is 9.62 Å². The Labute approximate surface area is 207 Å². The molecule has 2 aliphatic heterocycles. The van der Waals surface area contributed by atoms with Crippen LogP contribution in [-0.2, 0) is 31.4 Å². The van der Waals surface area contributed by atoms with Gasteiger partial charge in [0.05, 0.1) is 22.3 Å². The Hall–Kier alpha value is -2.71. The lowest BCUT2D eigenvalue weighted by Crippen LogP contribution is -2.46. The number of nitrogens with zero attached hydrogens (tertiary/aromatic N) is 2. The van der Waals surface area contributed by atoms with Crippen LogP contribution in [0.3, 0.4) is 0 Å². The molecule has 1 fully saturated rings. The zero-order chi connectivity index (χ0) is 25.0. The minimum absolute atomic E-state index is 0.0205. The zero-order valence-electron chi connectivity index (χ0n) is 20.6. The highest BCUT2D eigenvalue weighted by atomic mass is 32.2. The summed E-state index contributed by atoms with van der Waals surface area (Å²) in [4.78, 5) is 27.6. The number of aryl methyl sites for hydroxylation is 1. The number of amides is 2. The van der Waals surface area contributed by atoms with Crippen molar-refractivity contribution < 1.29 is 18.0 Å². The number of sulfonamides is 1. The summed E-state index contributed by atoms with van der Waals surface area (Å²) in [6.45, 7) is 4.19. The molecule has 0 radical (unpaired) electrons. The number of piperidine rings is 1. The molecule has 5 rings (SSSR count). The molecule has 0 spiro atoms. The number of hydrogen-bond donors (Lipinski definition) is 1. The Morgan fingerprint density at radius 3 is 2.66 bits per heavy atom. The van der Waals surface area contributed by atoms with Crippen LogP contribution in [0.5, 0.6) is 0 Å². The second-order valence-corrected chi connectivity index (χ2v) is 12.5. The highest BCUT2D eigenvalue weighted by Gasteiger charge is 2.43. The van der Waals surface area contributed by atoms with Crippen LogP contribution < -0.4 is 10.2 Å². The number of anilines is 1. The van der Waals surface area contributed by atoms with Gasteiger partial charge >= 0.3 is 0 Å². The van der Waals surface area contributed by atoms with Crippen molar-refractivity contribution in [2.75, 3.05) is 25.0 Å². The summed E-state index contributed by atoms with van der Waals surface area (Å²) >= 11 is 0. The highest BCUT2D eigenvalue weighted by Crippen LogP contribution is 2.42. The van der Waals surface area contributed by atoms with Crippen LogP contribution in [0.1, 0.15) is 62.3 Å². The molecule has 8 heteroatoms. The van der Waals surface area contributed by atoms with Gasteiger partial charge in [0.1, 0.15) is 0 Å². The second-order valence-electron chi connectivity index (χ2n) is 10.5. The number of nitrogens with one attached hydrogen (secondary N) is 1. The summed E-state index contributed by atoms with van der Waals surface area (Å²) in [6.07, 6.45) is 4.25. The van der Waals surface area contributed by atoms with Gasteiger partial charge in [0, 0.05) is 25.8 Å². The third-order valence-corrected chi connectivity index (χ3v) is 9.78. The average molecular weight is 496 g/mol. The third-order valence-electron chi connectivity index (χ3n) is 7.92. The first-order chi connectivity index (χ1) is 16.6. The Morgan fingerprint density at radius 2 is 1.86 bits per heavy atom. The maximum Gasteiger partial charge on any atom is 0.243 e. The third kappa shape index (κ3) is 4.06. The molecule has 0 aromatic heterocycles. The normalized spacial score (nSPS) is 24.1. The van der Waals surface area contributed by atoms with E-state index in [1.54, 1.807) is 30.1 Å². The Kier molecular flexibility index (Phi) is 6.00. The van der Waals surface area contributed by atoms with Crippen molar-refractivity contribution in [1.29, 1.82) is 0 Å². The van der Waals surface area contributed by atoms with E-state index in [4.69, 9.17) is 0 Å². The van der Waals surface area contributed by atoms with E-state index in [0.29, 0.717) is 24.9 Å². The fraction of sp³-hybridized carbons (Fsp3) is 0.481. The fourth-order valence-corrected chi connectivity index (χ4v) is 7.38. The summed E-state index contributed by atoms with van der Waals surface area (Å²) in [6, 6.07) is 13.1. The maximum atomic E-state index is 13.6. The van der Waals surface area contributed by atoms with E-state index in [9.17, 15) is 18.0 Å². The number of hydrogen-bond acceptors (Lipinski definition) is 4.